The number of amides is 2. The van der Waals surface area contributed by atoms with Crippen LogP contribution in [0.5, 0.6) is 0 Å². The average molecular weight is 347 g/mol. The fraction of sp³-hybridized carbons (Fsp3) is 0.353. The lowest BCUT2D eigenvalue weighted by Crippen LogP contribution is -2.40. The molecule has 24 heavy (non-hydrogen) atoms. The number of hydrogen-bond acceptors (Lipinski definition) is 3. The number of rotatable bonds is 5. The lowest BCUT2D eigenvalue weighted by Gasteiger charge is -2.19. The molecule has 0 spiro atoms. The summed E-state index contributed by atoms with van der Waals surface area (Å²) < 4.78 is 1.76. The quantitative estimate of drug-likeness (QED) is 0.901. The Morgan fingerprint density at radius 2 is 2.21 bits per heavy atom. The molecule has 2 aromatic rings. The van der Waals surface area contributed by atoms with E-state index >= 15 is 0 Å². The summed E-state index contributed by atoms with van der Waals surface area (Å²) in [6.45, 7) is 2.86. The number of benzene rings is 1. The Kier molecular flexibility index (Phi) is 4.85. The summed E-state index contributed by atoms with van der Waals surface area (Å²) in [7, 11) is 0. The second-order valence-electron chi connectivity index (χ2n) is 5.99. The highest BCUT2D eigenvalue weighted by molar-refractivity contribution is 6.33. The minimum absolute atomic E-state index is 0.0677. The van der Waals surface area contributed by atoms with Gasteiger partial charge in [0.1, 0.15) is 0 Å². The molecule has 0 bridgehead atoms. The van der Waals surface area contributed by atoms with Crippen LogP contribution in [-0.4, -0.2) is 34.2 Å². The van der Waals surface area contributed by atoms with Gasteiger partial charge in [-0.3, -0.25) is 14.3 Å². The zero-order valence-corrected chi connectivity index (χ0v) is 14.1. The molecule has 1 aliphatic heterocycles. The first-order valence-electron chi connectivity index (χ1n) is 7.87. The van der Waals surface area contributed by atoms with Gasteiger partial charge in [0.25, 0.3) is 0 Å². The third-order valence-electron chi connectivity index (χ3n) is 4.05. The van der Waals surface area contributed by atoms with E-state index in [0.29, 0.717) is 23.8 Å². The SMILES string of the molecule is C[C@H](Cn1cccn1)NC(=O)[C@H]1CC(=O)N(c2ccccc2Cl)C1. The van der Waals surface area contributed by atoms with E-state index in [1.54, 1.807) is 27.9 Å². The van der Waals surface area contributed by atoms with Gasteiger partial charge in [0.05, 0.1) is 23.2 Å². The maximum absolute atomic E-state index is 12.4. The second kappa shape index (κ2) is 7.05. The predicted octanol–water partition coefficient (Wildman–Crippen LogP) is 2.09. The van der Waals surface area contributed by atoms with E-state index in [2.05, 4.69) is 10.4 Å². The normalized spacial score (nSPS) is 18.7. The molecule has 0 saturated carbocycles. The van der Waals surface area contributed by atoms with Gasteiger partial charge in [-0.2, -0.15) is 5.10 Å². The van der Waals surface area contributed by atoms with Crippen molar-refractivity contribution in [3.05, 3.63) is 47.7 Å². The van der Waals surface area contributed by atoms with E-state index in [-0.39, 0.29) is 30.2 Å². The molecule has 1 aromatic heterocycles. The predicted molar refractivity (Wildman–Crippen MR) is 91.7 cm³/mol. The number of nitrogens with zero attached hydrogens (tertiary/aromatic N) is 3. The molecule has 1 aliphatic rings. The fourth-order valence-corrected chi connectivity index (χ4v) is 3.12. The van der Waals surface area contributed by atoms with E-state index in [4.69, 9.17) is 11.6 Å². The highest BCUT2D eigenvalue weighted by Gasteiger charge is 2.36. The summed E-state index contributed by atoms with van der Waals surface area (Å²) in [5.41, 5.74) is 0.657. The van der Waals surface area contributed by atoms with Crippen LogP contribution >= 0.6 is 11.6 Å². The van der Waals surface area contributed by atoms with Crippen LogP contribution in [0.2, 0.25) is 5.02 Å². The molecule has 2 heterocycles. The smallest absolute Gasteiger partial charge is 0.227 e. The largest absolute Gasteiger partial charge is 0.351 e. The van der Waals surface area contributed by atoms with Gasteiger partial charge < -0.3 is 10.2 Å². The third-order valence-corrected chi connectivity index (χ3v) is 4.37. The Labute approximate surface area is 145 Å². The molecular formula is C17H19ClN4O2. The Bertz CT molecular complexity index is 732. The van der Waals surface area contributed by atoms with Crippen molar-refractivity contribution in [2.75, 3.05) is 11.4 Å². The zero-order chi connectivity index (χ0) is 17.1. The first-order chi connectivity index (χ1) is 11.5. The monoisotopic (exact) mass is 346 g/mol. The lowest BCUT2D eigenvalue weighted by atomic mass is 10.1. The number of carbonyl (C=O) groups is 2. The minimum Gasteiger partial charge on any atom is -0.351 e. The number of carbonyl (C=O) groups excluding carboxylic acids is 2. The van der Waals surface area contributed by atoms with Crippen LogP contribution in [0.3, 0.4) is 0 Å². The number of para-hydroxylation sites is 1. The molecule has 1 aromatic carbocycles. The second-order valence-corrected chi connectivity index (χ2v) is 6.40. The Balaban J connectivity index is 1.61. The molecule has 0 aliphatic carbocycles. The van der Waals surface area contributed by atoms with Gasteiger partial charge in [0.2, 0.25) is 11.8 Å². The molecule has 1 saturated heterocycles. The van der Waals surface area contributed by atoms with Crippen LogP contribution in [0.25, 0.3) is 0 Å². The van der Waals surface area contributed by atoms with Crippen molar-refractivity contribution in [3.8, 4) is 0 Å². The molecule has 6 nitrogen and oxygen atoms in total. The van der Waals surface area contributed by atoms with Crippen LogP contribution in [0.4, 0.5) is 5.69 Å². The summed E-state index contributed by atoms with van der Waals surface area (Å²) in [6.07, 6.45) is 3.75. The van der Waals surface area contributed by atoms with E-state index in [0.717, 1.165) is 0 Å². The summed E-state index contributed by atoms with van der Waals surface area (Å²) >= 11 is 6.16. The molecule has 3 rings (SSSR count). The highest BCUT2D eigenvalue weighted by atomic mass is 35.5. The van der Waals surface area contributed by atoms with Crippen molar-refractivity contribution in [2.45, 2.75) is 25.9 Å². The summed E-state index contributed by atoms with van der Waals surface area (Å²) in [4.78, 5) is 26.3. The van der Waals surface area contributed by atoms with E-state index < -0.39 is 0 Å². The van der Waals surface area contributed by atoms with Gasteiger partial charge in [-0.1, -0.05) is 23.7 Å². The average Bonchev–Trinajstić information content (AvgIpc) is 3.17. The van der Waals surface area contributed by atoms with Crippen LogP contribution < -0.4 is 10.2 Å². The molecule has 1 fully saturated rings. The standard InChI is InChI=1S/C17H19ClN4O2/c1-12(10-21-8-4-7-19-21)20-17(24)13-9-16(23)22(11-13)15-6-3-2-5-14(15)18/h2-8,12-13H,9-11H2,1H3,(H,20,24)/t12-,13+/m1/s1. The maximum atomic E-state index is 12.4. The zero-order valence-electron chi connectivity index (χ0n) is 13.4. The Morgan fingerprint density at radius 1 is 1.42 bits per heavy atom. The molecule has 126 valence electrons. The molecule has 1 N–H and O–H groups in total. The fourth-order valence-electron chi connectivity index (χ4n) is 2.88. The maximum Gasteiger partial charge on any atom is 0.227 e. The summed E-state index contributed by atoms with van der Waals surface area (Å²) in [5, 5.41) is 7.59. The molecule has 0 unspecified atom stereocenters. The van der Waals surface area contributed by atoms with E-state index in [9.17, 15) is 9.59 Å². The van der Waals surface area contributed by atoms with Gasteiger partial charge in [-0.25, -0.2) is 0 Å². The third kappa shape index (κ3) is 3.59. The summed E-state index contributed by atoms with van der Waals surface area (Å²) in [5.74, 6) is -0.561. The van der Waals surface area contributed by atoms with Gasteiger partial charge >= 0.3 is 0 Å². The van der Waals surface area contributed by atoms with Gasteiger partial charge in [-0.15, -0.1) is 0 Å². The van der Waals surface area contributed by atoms with Gasteiger partial charge in [-0.05, 0) is 25.1 Å². The van der Waals surface area contributed by atoms with Crippen molar-refractivity contribution in [2.24, 2.45) is 5.92 Å². The molecule has 2 amide bonds. The van der Waals surface area contributed by atoms with Crippen LogP contribution in [-0.2, 0) is 16.1 Å². The number of nitrogens with one attached hydrogen (secondary N) is 1. The topological polar surface area (TPSA) is 67.2 Å². The molecule has 0 radical (unpaired) electrons. The van der Waals surface area contributed by atoms with Crippen molar-refractivity contribution in [3.63, 3.8) is 0 Å². The molecule has 7 heteroatoms. The first kappa shape index (κ1) is 16.5. The van der Waals surface area contributed by atoms with Crippen molar-refractivity contribution >= 4 is 29.1 Å². The number of aromatic nitrogens is 2. The van der Waals surface area contributed by atoms with Crippen LogP contribution in [0.1, 0.15) is 13.3 Å². The van der Waals surface area contributed by atoms with E-state index in [1.165, 1.54) is 0 Å². The van der Waals surface area contributed by atoms with Crippen molar-refractivity contribution < 1.29 is 9.59 Å². The Morgan fingerprint density at radius 3 is 2.92 bits per heavy atom. The summed E-state index contributed by atoms with van der Waals surface area (Å²) in [6, 6.07) is 8.94. The molecule has 2 atom stereocenters. The number of anilines is 1. The van der Waals surface area contributed by atoms with Crippen molar-refractivity contribution in [1.82, 2.24) is 15.1 Å². The number of halogens is 1. The van der Waals surface area contributed by atoms with Crippen LogP contribution in [0.15, 0.2) is 42.7 Å². The highest BCUT2D eigenvalue weighted by Crippen LogP contribution is 2.31. The van der Waals surface area contributed by atoms with Gasteiger partial charge in [0, 0.05) is 31.4 Å². The van der Waals surface area contributed by atoms with Crippen LogP contribution in [0, 0.1) is 5.92 Å². The number of hydrogen-bond donors (Lipinski definition) is 1. The van der Waals surface area contributed by atoms with E-state index in [1.807, 2.05) is 31.3 Å². The van der Waals surface area contributed by atoms with Crippen molar-refractivity contribution in [1.29, 1.82) is 0 Å². The lowest BCUT2D eigenvalue weighted by molar-refractivity contribution is -0.126. The minimum atomic E-state index is -0.367. The Hall–Kier alpha value is -2.34. The van der Waals surface area contributed by atoms with Gasteiger partial charge in [0.15, 0.2) is 0 Å². The molecular weight excluding hydrogens is 328 g/mol. The first-order valence-corrected chi connectivity index (χ1v) is 8.25.